The van der Waals surface area contributed by atoms with Gasteiger partial charge in [-0.3, -0.25) is 0 Å². The molecular weight excluding hydrogens is 1390 g/mol. The number of rotatable bonds is 24. The number of hydrogen-bond donors (Lipinski definition) is 10. The second-order valence-electron chi connectivity index (χ2n) is 28.9. The molecule has 17 rings (SSSR count). The van der Waals surface area contributed by atoms with Crippen molar-refractivity contribution < 1.29 is 39.4 Å². The van der Waals surface area contributed by atoms with Gasteiger partial charge in [0.15, 0.2) is 28.4 Å². The summed E-state index contributed by atoms with van der Waals surface area (Å²) < 4.78 is 30.0. The third-order valence-corrected chi connectivity index (χ3v) is 26.7. The molecule has 5 aliphatic carbocycles. The molecule has 11 aromatic rings. The summed E-state index contributed by atoms with van der Waals surface area (Å²) in [5.41, 5.74) is 1.18. The third kappa shape index (κ3) is 11.5. The molecule has 13 atom stereocenters. The molecule has 0 amide bonds. The smallest absolute Gasteiger partial charge is 0.225 e. The summed E-state index contributed by atoms with van der Waals surface area (Å²) in [6.07, 6.45) is 4.80. The summed E-state index contributed by atoms with van der Waals surface area (Å²) in [5.74, 6) is 2.07. The van der Waals surface area contributed by atoms with E-state index in [4.69, 9.17) is 63.8 Å². The van der Waals surface area contributed by atoms with E-state index in [0.717, 1.165) is 69.1 Å². The highest BCUT2D eigenvalue weighted by Gasteiger charge is 2.86. The predicted molar refractivity (Wildman–Crippen MR) is 398 cm³/mol. The first-order valence-electron chi connectivity index (χ1n) is 34.5. The van der Waals surface area contributed by atoms with Crippen LogP contribution in [0, 0.1) is 50.4 Å². The summed E-state index contributed by atoms with van der Waals surface area (Å²) in [6.45, 7) is 17.5. The first-order valence-corrected chi connectivity index (χ1v) is 38.8. The maximum Gasteiger partial charge on any atom is 0.225 e. The molecule has 9 heterocycles. The van der Waals surface area contributed by atoms with Crippen LogP contribution in [0.4, 0.5) is 35.3 Å². The van der Waals surface area contributed by atoms with Gasteiger partial charge in [0.05, 0.1) is 89.2 Å². The number of ether oxygens (including phenoxy) is 4. The number of methoxy groups -OCH3 is 1. The molecule has 1 spiro atoms. The molecule has 6 aliphatic rings. The van der Waals surface area contributed by atoms with Crippen molar-refractivity contribution in [2.45, 2.75) is 159 Å². The van der Waals surface area contributed by atoms with Crippen LogP contribution in [0.2, 0.25) is 0 Å². The lowest BCUT2D eigenvalue weighted by atomic mass is 9.92. The van der Waals surface area contributed by atoms with Gasteiger partial charge in [-0.1, -0.05) is 32.0 Å². The zero-order chi connectivity index (χ0) is 70.4. The average molecular weight is 1470 g/mol. The van der Waals surface area contributed by atoms with Gasteiger partial charge in [0.25, 0.3) is 0 Å². The molecule has 0 radical (unpaired) electrons. The zero-order valence-electron chi connectivity index (χ0n) is 57.7. The van der Waals surface area contributed by atoms with Crippen molar-refractivity contribution in [2.75, 3.05) is 52.2 Å². The van der Waals surface area contributed by atoms with Crippen LogP contribution in [-0.4, -0.2) is 148 Å². The van der Waals surface area contributed by atoms with Crippen LogP contribution < -0.4 is 36.6 Å². The van der Waals surface area contributed by atoms with Crippen LogP contribution >= 0.6 is 56.7 Å². The molecule has 0 bridgehead atoms. The summed E-state index contributed by atoms with van der Waals surface area (Å²) in [4.78, 5) is 54.6. The quantitative estimate of drug-likeness (QED) is 0.0251. The van der Waals surface area contributed by atoms with Gasteiger partial charge >= 0.3 is 0 Å². The highest BCUT2D eigenvalue weighted by Crippen LogP contribution is 2.71. The minimum atomic E-state index is -1.84. The normalized spacial score (nSPS) is 28.4. The van der Waals surface area contributed by atoms with Gasteiger partial charge in [0, 0.05) is 73.8 Å². The van der Waals surface area contributed by atoms with E-state index in [2.05, 4.69) is 67.8 Å². The number of aliphatic hydroxyl groups is 4. The lowest BCUT2D eigenvalue weighted by Crippen LogP contribution is -2.55. The van der Waals surface area contributed by atoms with Crippen LogP contribution in [0.25, 0.3) is 62.4 Å². The van der Waals surface area contributed by atoms with Gasteiger partial charge in [-0.2, -0.15) is 15.0 Å². The van der Waals surface area contributed by atoms with E-state index in [-0.39, 0.29) is 36.8 Å². The van der Waals surface area contributed by atoms with Crippen molar-refractivity contribution in [1.82, 2.24) is 54.8 Å². The Balaban J connectivity index is 0.659. The summed E-state index contributed by atoms with van der Waals surface area (Å²) >= 11 is 7.66. The molecule has 5 saturated carbocycles. The molecule has 8 aromatic heterocycles. The Hall–Kier alpha value is -7.85. The van der Waals surface area contributed by atoms with E-state index in [1.807, 2.05) is 101 Å². The van der Waals surface area contributed by atoms with Gasteiger partial charge in [-0.05, 0) is 133 Å². The van der Waals surface area contributed by atoms with E-state index >= 15 is 0 Å². The van der Waals surface area contributed by atoms with Crippen molar-refractivity contribution >= 4 is 123 Å². The fourth-order valence-electron chi connectivity index (χ4n) is 16.2. The number of fused-ring (bicyclic) bond motifs is 4. The largest absolute Gasteiger partial charge is 0.479 e. The highest BCUT2D eigenvalue weighted by molar-refractivity contribution is 7.22. The minimum Gasteiger partial charge on any atom is -0.479 e. The first-order chi connectivity index (χ1) is 49.1. The number of anilines is 6. The zero-order valence-corrected chi connectivity index (χ0v) is 61.7. The molecule has 1 aliphatic heterocycles. The highest BCUT2D eigenvalue weighted by atomic mass is 32.1. The number of hydrogen-bond acceptors (Lipinski definition) is 30. The number of benzene rings is 3. The predicted octanol–water partition coefficient (Wildman–Crippen LogP) is 12.2. The van der Waals surface area contributed by atoms with Crippen molar-refractivity contribution in [2.24, 2.45) is 29.6 Å². The van der Waals surface area contributed by atoms with E-state index in [9.17, 15) is 20.4 Å². The van der Waals surface area contributed by atoms with Crippen molar-refractivity contribution in [3.05, 3.63) is 116 Å². The van der Waals surface area contributed by atoms with Crippen LogP contribution in [0.1, 0.15) is 99.4 Å². The molecule has 1 saturated heterocycles. The number of aromatic nitrogens is 11. The Morgan fingerprint density at radius 1 is 0.637 bits per heavy atom. The maximum absolute atomic E-state index is 13.3. The molecule has 102 heavy (non-hydrogen) atoms. The Kier molecular flexibility index (Phi) is 16.6. The molecule has 530 valence electrons. The number of nitrogens with zero attached hydrogens (tertiary/aromatic N) is 11. The van der Waals surface area contributed by atoms with E-state index in [1.54, 1.807) is 53.5 Å². The number of nitrogens with one attached hydrogen (secondary N) is 6. The van der Waals surface area contributed by atoms with Crippen molar-refractivity contribution in [3.8, 4) is 37.5 Å². The molecule has 30 heteroatoms. The SMILES string of the molecule is COC(C)(C)CNc1nc(C)c(-c2nc3cc(CC4(C)OC5(Nc6nc(NCc7nccs7)nc(C)c6-c6nc7ccccc7s6)CCC6C(O)C65O4)ccc3s2)c(NC2(O)CCC3C(O)C32Oc2ccc3sc(-c4c(C)nc(NCc5nccs5)nc4NC4CC(CO)C(C)C4C)nc3c2)n1. The number of thiazole rings is 5. The Morgan fingerprint density at radius 2 is 1.22 bits per heavy atom. The van der Waals surface area contributed by atoms with Crippen LogP contribution in [0.3, 0.4) is 0 Å². The first kappa shape index (κ1) is 67.3. The van der Waals surface area contributed by atoms with Gasteiger partial charge < -0.3 is 71.3 Å². The fraction of sp³-hybridized carbons (Fsp3) is 0.458. The Labute approximate surface area is 607 Å². The van der Waals surface area contributed by atoms with Gasteiger partial charge in [-0.25, -0.2) is 39.9 Å². The minimum absolute atomic E-state index is 0.0576. The second-order valence-corrected chi connectivity index (χ2v) is 33.9. The van der Waals surface area contributed by atoms with E-state index in [1.165, 1.54) is 22.7 Å². The second kappa shape index (κ2) is 25.2. The summed E-state index contributed by atoms with van der Waals surface area (Å²) in [5, 5.41) is 76.5. The topological polar surface area (TPSA) is 332 Å². The lowest BCUT2D eigenvalue weighted by Gasteiger charge is -2.36. The van der Waals surface area contributed by atoms with Crippen LogP contribution in [0.15, 0.2) is 83.8 Å². The van der Waals surface area contributed by atoms with E-state index < -0.39 is 52.2 Å². The molecule has 3 aromatic carbocycles. The molecule has 6 fully saturated rings. The number of aliphatic hydroxyl groups excluding tert-OH is 3. The van der Waals surface area contributed by atoms with Gasteiger partial charge in [-0.15, -0.1) is 56.7 Å². The molecule has 13 unspecified atom stereocenters. The molecular formula is C72H79N17O8S5. The monoisotopic (exact) mass is 1470 g/mol. The van der Waals surface area contributed by atoms with Crippen molar-refractivity contribution in [3.63, 3.8) is 0 Å². The standard InChI is InChI=1S/C72H79N17O8S5/c1-34-35(2)45(27-40(34)32-90)81-58-53(36(3)78-64(85-58)75-30-51-73-22-24-98-51)61-84-47-28-41(15-17-50(47)102-61)95-71-42(56(71)91)18-20-69(71,93)88-59-54(37(4)80-66(86-59)77-33-67(6,7)94-9)63-83-46-26-39(14-16-49(46)101-63)29-68(8)96-70(21-19-43-57(92)72(43,70)97-68)89-60-55(62-82-44-12-10-11-13-48(44)100-62)38(5)79-65(87-60)76-31-52-74-23-25-99-52/h10-17,22-26,28,34-35,40,42-43,45,56-57,90-93H,18-21,27,29-33H2,1-9H3,(H2,75,78,81,85)(H2,76,79,87,89)(H2,77,80,86,88). The summed E-state index contributed by atoms with van der Waals surface area (Å²) in [7, 11) is 1.66. The van der Waals surface area contributed by atoms with Crippen LogP contribution in [0.5, 0.6) is 5.75 Å². The Bertz CT molecular complexity index is 5010. The number of para-hydroxylation sites is 1. The summed E-state index contributed by atoms with van der Waals surface area (Å²) in [6, 6.07) is 19.9. The molecule has 10 N–H and O–H groups in total. The van der Waals surface area contributed by atoms with Crippen molar-refractivity contribution in [1.29, 1.82) is 0 Å². The fourth-order valence-corrected chi connectivity index (χ4v) is 20.5. The lowest BCUT2D eigenvalue weighted by molar-refractivity contribution is -0.179. The van der Waals surface area contributed by atoms with E-state index in [0.29, 0.717) is 125 Å². The maximum atomic E-state index is 13.3. The van der Waals surface area contributed by atoms with Crippen LogP contribution in [-0.2, 0) is 33.7 Å². The van der Waals surface area contributed by atoms with Gasteiger partial charge in [0.1, 0.15) is 54.3 Å². The van der Waals surface area contributed by atoms with Gasteiger partial charge in [0.2, 0.25) is 17.8 Å². The Morgan fingerprint density at radius 3 is 1.81 bits per heavy atom. The number of aryl methyl sites for hydroxylation is 3. The molecule has 25 nitrogen and oxygen atoms in total. The average Bonchev–Trinajstić information content (AvgIpc) is 1.48. The third-order valence-electron chi connectivity index (χ3n) is 22.0.